The lowest BCUT2D eigenvalue weighted by Gasteiger charge is -2.12. The fourth-order valence-corrected chi connectivity index (χ4v) is 3.03. The lowest BCUT2D eigenvalue weighted by Crippen LogP contribution is -2.20. The van der Waals surface area contributed by atoms with Crippen LogP contribution in [-0.2, 0) is 0 Å². The maximum absolute atomic E-state index is 12.8. The largest absolute Gasteiger partial charge is 0.355 e. The van der Waals surface area contributed by atoms with Crippen LogP contribution in [0.15, 0.2) is 48.7 Å². The first-order chi connectivity index (χ1) is 12.9. The molecule has 27 heavy (non-hydrogen) atoms. The van der Waals surface area contributed by atoms with Gasteiger partial charge in [0.2, 0.25) is 0 Å². The van der Waals surface area contributed by atoms with Crippen molar-refractivity contribution in [2.45, 2.75) is 13.8 Å². The van der Waals surface area contributed by atoms with Gasteiger partial charge in [0.15, 0.2) is 0 Å². The van der Waals surface area contributed by atoms with Crippen LogP contribution in [0.25, 0.3) is 5.69 Å². The summed E-state index contributed by atoms with van der Waals surface area (Å²) >= 11 is 6.04. The second kappa shape index (κ2) is 7.63. The highest BCUT2D eigenvalue weighted by atomic mass is 35.5. The van der Waals surface area contributed by atoms with Crippen LogP contribution < -0.4 is 10.6 Å². The van der Waals surface area contributed by atoms with Crippen molar-refractivity contribution in [3.05, 3.63) is 76.1 Å². The number of amides is 2. The zero-order valence-corrected chi connectivity index (χ0v) is 16.0. The number of rotatable bonds is 4. The number of carbonyl (C=O) groups excluding carboxylic acids is 2. The lowest BCUT2D eigenvalue weighted by atomic mass is 10.1. The number of hydrogen-bond donors (Lipinski definition) is 2. The first-order valence-electron chi connectivity index (χ1n) is 8.36. The molecule has 0 unspecified atom stereocenters. The molecule has 6 nitrogen and oxygen atoms in total. The van der Waals surface area contributed by atoms with Crippen LogP contribution in [0.3, 0.4) is 0 Å². The fraction of sp³-hybridized carbons (Fsp3) is 0.150. The predicted octanol–water partition coefficient (Wildman–Crippen LogP) is 3.75. The zero-order chi connectivity index (χ0) is 19.6. The Morgan fingerprint density at radius 1 is 1.04 bits per heavy atom. The molecule has 0 radical (unpaired) electrons. The number of nitrogens with one attached hydrogen (secondary N) is 2. The van der Waals surface area contributed by atoms with Gasteiger partial charge in [0.1, 0.15) is 0 Å². The topological polar surface area (TPSA) is 76.0 Å². The summed E-state index contributed by atoms with van der Waals surface area (Å²) < 4.78 is 1.66. The molecule has 0 saturated carbocycles. The molecule has 0 atom stereocenters. The molecule has 2 N–H and O–H groups in total. The summed E-state index contributed by atoms with van der Waals surface area (Å²) in [4.78, 5) is 24.7. The van der Waals surface area contributed by atoms with Crippen LogP contribution in [0.1, 0.15) is 32.0 Å². The molecule has 0 spiro atoms. The van der Waals surface area contributed by atoms with Crippen molar-refractivity contribution in [3.8, 4) is 5.69 Å². The van der Waals surface area contributed by atoms with E-state index >= 15 is 0 Å². The van der Waals surface area contributed by atoms with Crippen molar-refractivity contribution >= 4 is 29.1 Å². The minimum absolute atomic E-state index is 0.200. The maximum Gasteiger partial charge on any atom is 0.259 e. The average Bonchev–Trinajstić information content (AvgIpc) is 3.04. The smallest absolute Gasteiger partial charge is 0.259 e. The van der Waals surface area contributed by atoms with Gasteiger partial charge < -0.3 is 10.6 Å². The normalized spacial score (nSPS) is 10.5. The number of carbonyl (C=O) groups is 2. The summed E-state index contributed by atoms with van der Waals surface area (Å²) in [5.74, 6) is -0.494. The summed E-state index contributed by atoms with van der Waals surface area (Å²) in [6.45, 7) is 3.61. The van der Waals surface area contributed by atoms with E-state index < -0.39 is 0 Å². The Balaban J connectivity index is 1.89. The number of anilines is 1. The second-order valence-corrected chi connectivity index (χ2v) is 6.48. The Kier molecular flexibility index (Phi) is 5.28. The van der Waals surface area contributed by atoms with E-state index in [1.165, 1.54) is 6.20 Å². The fourth-order valence-electron chi connectivity index (χ4n) is 2.84. The van der Waals surface area contributed by atoms with E-state index in [1.807, 2.05) is 19.1 Å². The molecule has 2 amide bonds. The van der Waals surface area contributed by atoms with E-state index in [9.17, 15) is 9.59 Å². The molecule has 3 aromatic rings. The third-order valence-corrected chi connectivity index (χ3v) is 4.60. The SMILES string of the molecule is CNC(=O)c1cccc(NC(=O)c2cnn(-c3cccc(Cl)c3)c2C)c1C. The summed E-state index contributed by atoms with van der Waals surface area (Å²) in [6.07, 6.45) is 1.52. The van der Waals surface area contributed by atoms with Gasteiger partial charge in [-0.05, 0) is 49.7 Å². The highest BCUT2D eigenvalue weighted by Crippen LogP contribution is 2.22. The third-order valence-electron chi connectivity index (χ3n) is 4.36. The molecule has 1 aromatic heterocycles. The van der Waals surface area contributed by atoms with Crippen LogP contribution in [0, 0.1) is 13.8 Å². The zero-order valence-electron chi connectivity index (χ0n) is 15.2. The van der Waals surface area contributed by atoms with Crippen molar-refractivity contribution in [1.29, 1.82) is 0 Å². The third kappa shape index (κ3) is 3.71. The molecule has 0 aliphatic heterocycles. The van der Waals surface area contributed by atoms with Crippen LogP contribution in [0.4, 0.5) is 5.69 Å². The molecule has 138 valence electrons. The number of halogens is 1. The first kappa shape index (κ1) is 18.7. The van der Waals surface area contributed by atoms with Crippen molar-refractivity contribution < 1.29 is 9.59 Å². The summed E-state index contributed by atoms with van der Waals surface area (Å²) in [7, 11) is 1.57. The van der Waals surface area contributed by atoms with E-state index in [0.717, 1.165) is 5.69 Å². The Hall–Kier alpha value is -3.12. The molecule has 2 aromatic carbocycles. The predicted molar refractivity (Wildman–Crippen MR) is 106 cm³/mol. The molecule has 0 bridgehead atoms. The standard InChI is InChI=1S/C20H19ClN4O2/c1-12-16(19(26)22-3)8-5-9-18(12)24-20(27)17-11-23-25(13(17)2)15-7-4-6-14(21)10-15/h4-11H,1-3H3,(H,22,26)(H,24,27). The van der Waals surface area contributed by atoms with Gasteiger partial charge in [0.25, 0.3) is 11.8 Å². The Morgan fingerprint density at radius 3 is 2.48 bits per heavy atom. The molecule has 7 heteroatoms. The van der Waals surface area contributed by atoms with Gasteiger partial charge in [-0.25, -0.2) is 4.68 Å². The average molecular weight is 383 g/mol. The van der Waals surface area contributed by atoms with Crippen molar-refractivity contribution in [2.24, 2.45) is 0 Å². The molecular formula is C20H19ClN4O2. The maximum atomic E-state index is 12.8. The minimum atomic E-state index is -0.294. The van der Waals surface area contributed by atoms with Crippen LogP contribution in [0.2, 0.25) is 5.02 Å². The van der Waals surface area contributed by atoms with Crippen LogP contribution in [0.5, 0.6) is 0 Å². The summed E-state index contributed by atoms with van der Waals surface area (Å²) in [5.41, 5.74) is 3.70. The molecule has 1 heterocycles. The van der Waals surface area contributed by atoms with E-state index in [2.05, 4.69) is 15.7 Å². The minimum Gasteiger partial charge on any atom is -0.355 e. The molecule has 0 aliphatic carbocycles. The number of aromatic nitrogens is 2. The van der Waals surface area contributed by atoms with Crippen molar-refractivity contribution in [2.75, 3.05) is 12.4 Å². The van der Waals surface area contributed by atoms with Crippen molar-refractivity contribution in [3.63, 3.8) is 0 Å². The van der Waals surface area contributed by atoms with E-state index in [4.69, 9.17) is 11.6 Å². The Bertz CT molecular complexity index is 1030. The van der Waals surface area contributed by atoms with Crippen LogP contribution in [-0.4, -0.2) is 28.6 Å². The van der Waals surface area contributed by atoms with Gasteiger partial charge in [-0.2, -0.15) is 5.10 Å². The molecule has 0 fully saturated rings. The summed E-state index contributed by atoms with van der Waals surface area (Å²) in [6, 6.07) is 12.5. The highest BCUT2D eigenvalue weighted by molar-refractivity contribution is 6.30. The lowest BCUT2D eigenvalue weighted by molar-refractivity contribution is 0.0960. The second-order valence-electron chi connectivity index (χ2n) is 6.05. The quantitative estimate of drug-likeness (QED) is 0.721. The van der Waals surface area contributed by atoms with Crippen molar-refractivity contribution in [1.82, 2.24) is 15.1 Å². The van der Waals surface area contributed by atoms with Gasteiger partial charge in [0, 0.05) is 23.3 Å². The van der Waals surface area contributed by atoms with E-state index in [0.29, 0.717) is 33.1 Å². The van der Waals surface area contributed by atoms with E-state index in [1.54, 1.807) is 49.0 Å². The first-order valence-corrected chi connectivity index (χ1v) is 8.73. The molecule has 3 rings (SSSR count). The van der Waals surface area contributed by atoms with Gasteiger partial charge in [-0.1, -0.05) is 23.7 Å². The van der Waals surface area contributed by atoms with Gasteiger partial charge in [-0.3, -0.25) is 9.59 Å². The molecule has 0 aliphatic rings. The summed E-state index contributed by atoms with van der Waals surface area (Å²) in [5, 5.41) is 10.4. The van der Waals surface area contributed by atoms with Gasteiger partial charge in [0.05, 0.1) is 23.1 Å². The Morgan fingerprint density at radius 2 is 1.78 bits per heavy atom. The number of nitrogens with zero attached hydrogens (tertiary/aromatic N) is 2. The monoisotopic (exact) mass is 382 g/mol. The van der Waals surface area contributed by atoms with E-state index in [-0.39, 0.29) is 11.8 Å². The molecule has 0 saturated heterocycles. The van der Waals surface area contributed by atoms with Crippen LogP contribution >= 0.6 is 11.6 Å². The number of hydrogen-bond acceptors (Lipinski definition) is 3. The highest BCUT2D eigenvalue weighted by Gasteiger charge is 2.17. The van der Waals surface area contributed by atoms with Gasteiger partial charge in [-0.15, -0.1) is 0 Å². The number of benzene rings is 2. The Labute approximate surface area is 162 Å². The van der Waals surface area contributed by atoms with Gasteiger partial charge >= 0.3 is 0 Å². The molecular weight excluding hydrogens is 364 g/mol.